The van der Waals surface area contributed by atoms with Gasteiger partial charge in [0.15, 0.2) is 0 Å². The smallest absolute Gasteiger partial charge is 0.363 e. The van der Waals surface area contributed by atoms with Crippen LogP contribution in [0.1, 0.15) is 5.56 Å². The Balaban J connectivity index is 2.40. The molecule has 15 heavy (non-hydrogen) atoms. The highest BCUT2D eigenvalue weighted by atomic mass is 16.7. The normalized spacial score (nSPS) is 10.3. The zero-order valence-electron chi connectivity index (χ0n) is 8.80. The van der Waals surface area contributed by atoms with Crippen molar-refractivity contribution in [3.8, 4) is 0 Å². The number of carbonyl (C=O) groups excluding carboxylic acids is 1. The van der Waals surface area contributed by atoms with Crippen LogP contribution >= 0.6 is 0 Å². The van der Waals surface area contributed by atoms with E-state index in [0.29, 0.717) is 0 Å². The molecule has 0 aliphatic carbocycles. The Morgan fingerprint density at radius 1 is 1.20 bits per heavy atom. The van der Waals surface area contributed by atoms with Gasteiger partial charge in [0.2, 0.25) is 0 Å². The van der Waals surface area contributed by atoms with Gasteiger partial charge < -0.3 is 14.2 Å². The summed E-state index contributed by atoms with van der Waals surface area (Å²) < 4.78 is 14.5. The topological polar surface area (TPSA) is 44.8 Å². The first-order valence-electron chi connectivity index (χ1n) is 4.54. The minimum Gasteiger partial charge on any atom is -0.457 e. The minimum atomic E-state index is -0.950. The average Bonchev–Trinajstić information content (AvgIpc) is 2.29. The molecule has 0 amide bonds. The average molecular weight is 210 g/mol. The predicted molar refractivity (Wildman–Crippen MR) is 54.0 cm³/mol. The van der Waals surface area contributed by atoms with Gasteiger partial charge in [0, 0.05) is 14.2 Å². The largest absolute Gasteiger partial charge is 0.457 e. The van der Waals surface area contributed by atoms with Crippen LogP contribution < -0.4 is 0 Å². The Morgan fingerprint density at radius 3 is 2.33 bits per heavy atom. The fourth-order valence-corrected chi connectivity index (χ4v) is 1.09. The summed E-state index contributed by atoms with van der Waals surface area (Å²) in [5, 5.41) is 0. The molecule has 1 aromatic carbocycles. The molecule has 0 atom stereocenters. The molecule has 0 saturated carbocycles. The molecule has 1 rings (SSSR count). The molecule has 82 valence electrons. The summed E-state index contributed by atoms with van der Waals surface area (Å²) in [5.74, 6) is -0.524. The van der Waals surface area contributed by atoms with Crippen LogP contribution in [0.2, 0.25) is 0 Å². The van der Waals surface area contributed by atoms with Crippen molar-refractivity contribution in [2.24, 2.45) is 0 Å². The number of hydrogen-bond acceptors (Lipinski definition) is 4. The summed E-state index contributed by atoms with van der Waals surface area (Å²) in [4.78, 5) is 11.3. The van der Waals surface area contributed by atoms with Gasteiger partial charge in [0.05, 0.1) is 0 Å². The minimum absolute atomic E-state index is 0.225. The highest BCUT2D eigenvalue weighted by Crippen LogP contribution is 2.03. The summed E-state index contributed by atoms with van der Waals surface area (Å²) >= 11 is 0. The fourth-order valence-electron chi connectivity index (χ4n) is 1.09. The lowest BCUT2D eigenvalue weighted by Crippen LogP contribution is -2.26. The molecule has 0 saturated heterocycles. The van der Waals surface area contributed by atoms with Crippen molar-refractivity contribution in [3.05, 3.63) is 35.9 Å². The molecular weight excluding hydrogens is 196 g/mol. The summed E-state index contributed by atoms with van der Waals surface area (Å²) in [7, 11) is 2.77. The summed E-state index contributed by atoms with van der Waals surface area (Å²) in [6.45, 7) is 0.225. The van der Waals surface area contributed by atoms with E-state index in [-0.39, 0.29) is 6.61 Å². The first-order chi connectivity index (χ1) is 7.27. The fraction of sp³-hybridized carbons (Fsp3) is 0.364. The van der Waals surface area contributed by atoms with Crippen LogP contribution in [-0.2, 0) is 25.6 Å². The Labute approximate surface area is 88.8 Å². The Bertz CT molecular complexity index is 293. The standard InChI is InChI=1S/C11H14O4/c1-13-11(14-2)10(12)15-8-9-6-4-3-5-7-9/h3-7,11H,8H2,1-2H3. The monoisotopic (exact) mass is 210 g/mol. The third kappa shape index (κ3) is 3.69. The van der Waals surface area contributed by atoms with E-state index < -0.39 is 12.3 Å². The second-order valence-electron chi connectivity index (χ2n) is 2.90. The van der Waals surface area contributed by atoms with E-state index in [0.717, 1.165) is 5.56 Å². The molecule has 0 heterocycles. The number of ether oxygens (including phenoxy) is 3. The van der Waals surface area contributed by atoms with E-state index in [1.54, 1.807) is 0 Å². The van der Waals surface area contributed by atoms with Crippen molar-refractivity contribution >= 4 is 5.97 Å². The van der Waals surface area contributed by atoms with Crippen molar-refractivity contribution in [3.63, 3.8) is 0 Å². The van der Waals surface area contributed by atoms with Crippen LogP contribution in [0.25, 0.3) is 0 Å². The molecule has 0 aromatic heterocycles. The number of esters is 1. The molecule has 0 bridgehead atoms. The van der Waals surface area contributed by atoms with Crippen LogP contribution in [0.3, 0.4) is 0 Å². The van der Waals surface area contributed by atoms with Crippen LogP contribution in [-0.4, -0.2) is 26.5 Å². The van der Waals surface area contributed by atoms with E-state index in [9.17, 15) is 4.79 Å². The van der Waals surface area contributed by atoms with Crippen molar-refractivity contribution in [1.82, 2.24) is 0 Å². The second kappa shape index (κ2) is 6.16. The molecule has 4 heteroatoms. The molecule has 0 unspecified atom stereocenters. The van der Waals surface area contributed by atoms with Gasteiger partial charge in [-0.3, -0.25) is 0 Å². The SMILES string of the molecule is COC(OC)C(=O)OCc1ccccc1. The van der Waals surface area contributed by atoms with Crippen LogP contribution in [0.5, 0.6) is 0 Å². The molecule has 0 fully saturated rings. The Morgan fingerprint density at radius 2 is 1.80 bits per heavy atom. The van der Waals surface area contributed by atoms with Crippen molar-refractivity contribution in [2.45, 2.75) is 12.9 Å². The zero-order chi connectivity index (χ0) is 11.1. The van der Waals surface area contributed by atoms with Crippen LogP contribution in [0.4, 0.5) is 0 Å². The second-order valence-corrected chi connectivity index (χ2v) is 2.90. The van der Waals surface area contributed by atoms with E-state index in [4.69, 9.17) is 14.2 Å². The summed E-state index contributed by atoms with van der Waals surface area (Å²) in [5.41, 5.74) is 0.928. The number of methoxy groups -OCH3 is 2. The van der Waals surface area contributed by atoms with Gasteiger partial charge >= 0.3 is 5.97 Å². The predicted octanol–water partition coefficient (Wildman–Crippen LogP) is 1.35. The van der Waals surface area contributed by atoms with Crippen LogP contribution in [0.15, 0.2) is 30.3 Å². The summed E-state index contributed by atoms with van der Waals surface area (Å²) in [6.07, 6.45) is -0.950. The van der Waals surface area contributed by atoms with Crippen molar-refractivity contribution in [2.75, 3.05) is 14.2 Å². The van der Waals surface area contributed by atoms with Gasteiger partial charge in [-0.2, -0.15) is 0 Å². The lowest BCUT2D eigenvalue weighted by atomic mass is 10.2. The maximum absolute atomic E-state index is 11.3. The zero-order valence-corrected chi connectivity index (χ0v) is 8.80. The maximum Gasteiger partial charge on any atom is 0.363 e. The van der Waals surface area contributed by atoms with Gasteiger partial charge in [-0.25, -0.2) is 4.79 Å². The quantitative estimate of drug-likeness (QED) is 0.543. The number of rotatable bonds is 5. The maximum atomic E-state index is 11.3. The third-order valence-corrected chi connectivity index (χ3v) is 1.84. The van der Waals surface area contributed by atoms with E-state index in [1.165, 1.54) is 14.2 Å². The van der Waals surface area contributed by atoms with Crippen LogP contribution in [0, 0.1) is 0 Å². The first-order valence-corrected chi connectivity index (χ1v) is 4.54. The van der Waals surface area contributed by atoms with E-state index in [1.807, 2.05) is 30.3 Å². The number of carbonyl (C=O) groups is 1. The molecule has 0 N–H and O–H groups in total. The molecule has 0 aliphatic heterocycles. The first kappa shape index (κ1) is 11.7. The molecule has 0 radical (unpaired) electrons. The molecule has 0 aliphatic rings. The lowest BCUT2D eigenvalue weighted by molar-refractivity contribution is -0.184. The third-order valence-electron chi connectivity index (χ3n) is 1.84. The van der Waals surface area contributed by atoms with Crippen molar-refractivity contribution < 1.29 is 19.0 Å². The van der Waals surface area contributed by atoms with Gasteiger partial charge in [0.25, 0.3) is 6.29 Å². The van der Waals surface area contributed by atoms with Gasteiger partial charge in [-0.05, 0) is 5.56 Å². The van der Waals surface area contributed by atoms with Gasteiger partial charge in [-0.15, -0.1) is 0 Å². The Hall–Kier alpha value is -1.39. The molecular formula is C11H14O4. The molecule has 1 aromatic rings. The molecule has 4 nitrogen and oxygen atoms in total. The van der Waals surface area contributed by atoms with Crippen molar-refractivity contribution in [1.29, 1.82) is 0 Å². The van der Waals surface area contributed by atoms with Gasteiger partial charge in [-0.1, -0.05) is 30.3 Å². The molecule has 0 spiro atoms. The van der Waals surface area contributed by atoms with E-state index in [2.05, 4.69) is 0 Å². The highest BCUT2D eigenvalue weighted by Gasteiger charge is 2.17. The number of hydrogen-bond donors (Lipinski definition) is 0. The Kier molecular flexibility index (Phi) is 4.80. The lowest BCUT2D eigenvalue weighted by Gasteiger charge is -2.12. The van der Waals surface area contributed by atoms with E-state index >= 15 is 0 Å². The van der Waals surface area contributed by atoms with Gasteiger partial charge in [0.1, 0.15) is 6.61 Å². The number of benzene rings is 1. The highest BCUT2D eigenvalue weighted by molar-refractivity contribution is 5.73. The summed E-state index contributed by atoms with van der Waals surface area (Å²) in [6, 6.07) is 9.42.